The van der Waals surface area contributed by atoms with Crippen LogP contribution in [0.25, 0.3) is 33.8 Å². The fourth-order valence-electron chi connectivity index (χ4n) is 6.04. The Labute approximate surface area is 268 Å². The quantitative estimate of drug-likeness (QED) is 0.198. The van der Waals surface area contributed by atoms with Gasteiger partial charge >= 0.3 is 6.09 Å². The van der Waals surface area contributed by atoms with Gasteiger partial charge in [-0.3, -0.25) is 9.36 Å². The second-order valence-electron chi connectivity index (χ2n) is 12.6. The van der Waals surface area contributed by atoms with E-state index in [1.807, 2.05) is 64.1 Å². The third kappa shape index (κ3) is 5.60. The van der Waals surface area contributed by atoms with Crippen molar-refractivity contribution in [2.45, 2.75) is 58.1 Å². The molecule has 0 bridgehead atoms. The molecule has 1 aliphatic heterocycles. The van der Waals surface area contributed by atoms with Crippen LogP contribution in [0.2, 0.25) is 0 Å². The molecule has 2 aliphatic rings. The van der Waals surface area contributed by atoms with Crippen LogP contribution in [0.4, 0.5) is 10.6 Å². The van der Waals surface area contributed by atoms with Gasteiger partial charge in [-0.1, -0.05) is 55.1 Å². The number of pyridine rings is 1. The van der Waals surface area contributed by atoms with Crippen LogP contribution in [0.3, 0.4) is 0 Å². The summed E-state index contributed by atoms with van der Waals surface area (Å²) in [7, 11) is 0. The molecule has 0 atom stereocenters. The lowest BCUT2D eigenvalue weighted by atomic mass is 9.71. The molecule has 1 saturated carbocycles. The van der Waals surface area contributed by atoms with Gasteiger partial charge in [0.05, 0.1) is 28.3 Å². The summed E-state index contributed by atoms with van der Waals surface area (Å²) in [5.74, 6) is 0.884. The number of primary amides is 1. The summed E-state index contributed by atoms with van der Waals surface area (Å²) in [5.41, 5.74) is 11.7. The van der Waals surface area contributed by atoms with Crippen molar-refractivity contribution in [1.29, 1.82) is 0 Å². The van der Waals surface area contributed by atoms with E-state index in [0.29, 0.717) is 17.2 Å². The summed E-state index contributed by atoms with van der Waals surface area (Å²) >= 11 is 0. The smallest absolute Gasteiger partial charge is 0.408 e. The molecule has 6 rings (SSSR count). The predicted octanol–water partition coefficient (Wildman–Crippen LogP) is 7.50. The van der Waals surface area contributed by atoms with Crippen molar-refractivity contribution in [2.24, 2.45) is 5.73 Å². The normalized spacial score (nSPS) is 15.2. The van der Waals surface area contributed by atoms with Crippen LogP contribution in [0, 0.1) is 0 Å². The number of fused-ring (bicyclic) bond motifs is 3. The van der Waals surface area contributed by atoms with Gasteiger partial charge < -0.3 is 21.1 Å². The SMILES string of the molecule is C=CC1=C(/C=C\C)c2nc(-c3ccc(C(N)=O)cc3)c(-c3ccc(C4(NC(=O)OC(C)(C)C)CCC4)cc3)n2-c2cccnc2N1. The molecule has 1 fully saturated rings. The van der Waals surface area contributed by atoms with E-state index in [1.54, 1.807) is 24.4 Å². The Bertz CT molecular complexity index is 1890. The highest BCUT2D eigenvalue weighted by Crippen LogP contribution is 2.44. The number of nitrogens with zero attached hydrogens (tertiary/aromatic N) is 3. The van der Waals surface area contributed by atoms with E-state index in [-0.39, 0.29) is 0 Å². The van der Waals surface area contributed by atoms with Crippen molar-refractivity contribution in [3.63, 3.8) is 0 Å². The summed E-state index contributed by atoms with van der Waals surface area (Å²) in [6.07, 6.45) is 9.74. The maximum absolute atomic E-state index is 12.8. The highest BCUT2D eigenvalue weighted by Gasteiger charge is 2.41. The monoisotopic (exact) mass is 614 g/mol. The van der Waals surface area contributed by atoms with Gasteiger partial charge in [0.25, 0.3) is 0 Å². The average Bonchev–Trinajstić information content (AvgIpc) is 3.34. The summed E-state index contributed by atoms with van der Waals surface area (Å²) < 4.78 is 7.71. The molecule has 9 heteroatoms. The van der Waals surface area contributed by atoms with Crippen LogP contribution in [-0.4, -0.2) is 32.1 Å². The molecule has 2 aromatic heterocycles. The number of benzene rings is 2. The van der Waals surface area contributed by atoms with Crippen molar-refractivity contribution >= 4 is 23.4 Å². The Hall–Kier alpha value is -5.44. The number of anilines is 1. The molecule has 234 valence electrons. The highest BCUT2D eigenvalue weighted by molar-refractivity contribution is 5.94. The minimum Gasteiger partial charge on any atom is -0.444 e. The standard InChI is InChI=1S/C37H38N6O3/c1-6-10-27-28(7-2)40-33-29(11-8-22-39-33)43-31(30(41-34(27)43)23-12-14-25(15-13-23)32(38)44)24-16-18-26(19-17-24)37(20-9-21-37)42-35(45)46-36(3,4)5/h6-8,10-19,22H,2,9,20-21H2,1,3-5H3,(H2,38,44)(H,39,40)(H,42,45)/b10-6-. The van der Waals surface area contributed by atoms with Crippen LogP contribution in [-0.2, 0) is 10.3 Å². The molecule has 1 aliphatic carbocycles. The molecule has 4 aromatic rings. The van der Waals surface area contributed by atoms with Crippen LogP contribution in [0.1, 0.15) is 68.7 Å². The number of ether oxygens (including phenoxy) is 1. The summed E-state index contributed by atoms with van der Waals surface area (Å²) in [6.45, 7) is 11.6. The van der Waals surface area contributed by atoms with E-state index in [2.05, 4.69) is 51.0 Å². The predicted molar refractivity (Wildman–Crippen MR) is 181 cm³/mol. The number of allylic oxidation sites excluding steroid dienone is 4. The minimum absolute atomic E-state index is 0.417. The van der Waals surface area contributed by atoms with Crippen LogP contribution in [0.15, 0.2) is 97.4 Å². The topological polar surface area (TPSA) is 124 Å². The van der Waals surface area contributed by atoms with Crippen molar-refractivity contribution in [3.8, 4) is 28.2 Å². The molecule has 0 saturated heterocycles. The lowest BCUT2D eigenvalue weighted by molar-refractivity contribution is 0.0377. The molecule has 46 heavy (non-hydrogen) atoms. The van der Waals surface area contributed by atoms with E-state index in [0.717, 1.165) is 64.3 Å². The Morgan fingerprint density at radius 3 is 2.35 bits per heavy atom. The van der Waals surface area contributed by atoms with Gasteiger partial charge in [0, 0.05) is 28.5 Å². The maximum atomic E-state index is 12.8. The largest absolute Gasteiger partial charge is 0.444 e. The van der Waals surface area contributed by atoms with E-state index in [4.69, 9.17) is 15.5 Å². The van der Waals surface area contributed by atoms with Gasteiger partial charge in [0.2, 0.25) is 5.91 Å². The highest BCUT2D eigenvalue weighted by atomic mass is 16.6. The number of alkyl carbamates (subject to hydrolysis) is 1. The lowest BCUT2D eigenvalue weighted by Crippen LogP contribution is -2.52. The van der Waals surface area contributed by atoms with Gasteiger partial charge in [-0.25, -0.2) is 14.8 Å². The third-order valence-corrected chi connectivity index (χ3v) is 8.33. The van der Waals surface area contributed by atoms with Gasteiger partial charge in [0.1, 0.15) is 11.4 Å². The Morgan fingerprint density at radius 2 is 1.76 bits per heavy atom. The van der Waals surface area contributed by atoms with Gasteiger partial charge in [0.15, 0.2) is 5.82 Å². The molecule has 0 radical (unpaired) electrons. The zero-order chi connectivity index (χ0) is 32.6. The van der Waals surface area contributed by atoms with Crippen molar-refractivity contribution in [2.75, 3.05) is 5.32 Å². The molecule has 2 amide bonds. The molecule has 0 unspecified atom stereocenters. The first-order valence-corrected chi connectivity index (χ1v) is 15.4. The Kier molecular flexibility index (Phi) is 7.85. The number of nitrogens with one attached hydrogen (secondary N) is 2. The van der Waals surface area contributed by atoms with E-state index in [1.165, 1.54) is 0 Å². The lowest BCUT2D eigenvalue weighted by Gasteiger charge is -2.43. The summed E-state index contributed by atoms with van der Waals surface area (Å²) in [5, 5.41) is 6.60. The molecule has 9 nitrogen and oxygen atoms in total. The van der Waals surface area contributed by atoms with Gasteiger partial charge in [-0.2, -0.15) is 0 Å². The molecule has 4 N–H and O–H groups in total. The number of hydrogen-bond acceptors (Lipinski definition) is 6. The van der Waals surface area contributed by atoms with Crippen LogP contribution in [0.5, 0.6) is 0 Å². The summed E-state index contributed by atoms with van der Waals surface area (Å²) in [4.78, 5) is 34.6. The van der Waals surface area contributed by atoms with Crippen molar-refractivity contribution < 1.29 is 14.3 Å². The zero-order valence-electron chi connectivity index (χ0n) is 26.6. The van der Waals surface area contributed by atoms with E-state index < -0.39 is 23.1 Å². The molecule has 3 heterocycles. The molecular weight excluding hydrogens is 576 g/mol. The number of nitrogens with two attached hydrogens (primary N) is 1. The maximum Gasteiger partial charge on any atom is 0.408 e. The second-order valence-corrected chi connectivity index (χ2v) is 12.6. The van der Waals surface area contributed by atoms with Gasteiger partial charge in [-0.05, 0) is 82.9 Å². The first-order valence-electron chi connectivity index (χ1n) is 15.4. The number of carbonyl (C=O) groups excluding carboxylic acids is 2. The molecule has 2 aromatic carbocycles. The minimum atomic E-state index is -0.587. The van der Waals surface area contributed by atoms with Crippen LogP contribution >= 0.6 is 0 Å². The van der Waals surface area contributed by atoms with Crippen molar-refractivity contribution in [3.05, 3.63) is 114 Å². The number of aromatic nitrogens is 3. The number of carbonyl (C=O) groups is 2. The molecule has 0 spiro atoms. The fourth-order valence-corrected chi connectivity index (χ4v) is 6.04. The number of rotatable bonds is 7. The number of amides is 2. The number of hydrogen-bond donors (Lipinski definition) is 3. The Morgan fingerprint density at radius 1 is 1.07 bits per heavy atom. The first kappa shape index (κ1) is 30.6. The zero-order valence-corrected chi connectivity index (χ0v) is 26.6. The summed E-state index contributed by atoms with van der Waals surface area (Å²) in [6, 6.07) is 19.3. The Balaban J connectivity index is 1.54. The second kappa shape index (κ2) is 11.8. The van der Waals surface area contributed by atoms with Crippen LogP contribution < -0.4 is 16.4 Å². The van der Waals surface area contributed by atoms with E-state index in [9.17, 15) is 9.59 Å². The van der Waals surface area contributed by atoms with E-state index >= 15 is 0 Å². The van der Waals surface area contributed by atoms with Gasteiger partial charge in [-0.15, -0.1) is 0 Å². The number of imidazole rings is 1. The fraction of sp³-hybridized carbons (Fsp3) is 0.243. The third-order valence-electron chi connectivity index (χ3n) is 8.33. The molecular formula is C37H38N6O3. The van der Waals surface area contributed by atoms with Crippen molar-refractivity contribution in [1.82, 2.24) is 19.9 Å². The average molecular weight is 615 g/mol. The first-order chi connectivity index (χ1) is 22.0.